The maximum Gasteiger partial charge on any atom is 0.408 e. The van der Waals surface area contributed by atoms with Crippen LogP contribution in [-0.2, 0) is 14.3 Å². The Morgan fingerprint density at radius 3 is 2.00 bits per heavy atom. The Morgan fingerprint density at radius 2 is 1.46 bits per heavy atom. The Balaban J connectivity index is 4.56. The van der Waals surface area contributed by atoms with Crippen molar-refractivity contribution in [1.82, 2.24) is 16.0 Å². The van der Waals surface area contributed by atoms with Crippen molar-refractivity contribution in [3.05, 3.63) is 0 Å². The monoisotopic (exact) mass is 437 g/mol. The molecule has 0 fully saturated rings. The summed E-state index contributed by atoms with van der Waals surface area (Å²) >= 11 is 0. The molecular weight excluding hydrogens is 402 g/mol. The minimum atomic E-state index is -0.741. The minimum absolute atomic E-state index is 0.273. The lowest BCUT2D eigenvalue weighted by atomic mass is 10.1. The van der Waals surface area contributed by atoms with E-state index in [1.165, 1.54) is 0 Å². The van der Waals surface area contributed by atoms with E-state index in [0.29, 0.717) is 25.9 Å². The number of alkyl carbamates (subject to hydrolysis) is 2. The van der Waals surface area contributed by atoms with Crippen LogP contribution in [0.4, 0.5) is 9.59 Å². The minimum Gasteiger partial charge on any atom is -0.444 e. The van der Waals surface area contributed by atoms with Crippen LogP contribution in [-0.4, -0.2) is 60.4 Å². The zero-order valence-electron chi connectivity index (χ0n) is 18.0. The SMILES string of the molecule is CSSCCNC(=O)C(CCCNC(=O)OC(C)(C)C)NC(=O)OC(C)(C)C. The van der Waals surface area contributed by atoms with Crippen molar-refractivity contribution in [3.8, 4) is 0 Å². The predicted octanol–water partition coefficient (Wildman–Crippen LogP) is 3.31. The number of hydrogen-bond donors (Lipinski definition) is 3. The second kappa shape index (κ2) is 13.0. The molecule has 10 heteroatoms. The molecular formula is C18H35N3O5S2. The van der Waals surface area contributed by atoms with E-state index in [-0.39, 0.29) is 5.91 Å². The van der Waals surface area contributed by atoms with Crippen LogP contribution in [0.1, 0.15) is 54.4 Å². The highest BCUT2D eigenvalue weighted by Gasteiger charge is 2.24. The molecule has 28 heavy (non-hydrogen) atoms. The van der Waals surface area contributed by atoms with Crippen LogP contribution < -0.4 is 16.0 Å². The first-order valence-electron chi connectivity index (χ1n) is 9.24. The molecule has 164 valence electrons. The lowest BCUT2D eigenvalue weighted by molar-refractivity contribution is -0.123. The van der Waals surface area contributed by atoms with Crippen LogP contribution >= 0.6 is 21.6 Å². The summed E-state index contributed by atoms with van der Waals surface area (Å²) in [6.45, 7) is 11.5. The third-order valence-electron chi connectivity index (χ3n) is 2.95. The molecule has 0 radical (unpaired) electrons. The summed E-state index contributed by atoms with van der Waals surface area (Å²) in [5.74, 6) is 0.497. The molecule has 1 atom stereocenters. The maximum atomic E-state index is 12.4. The van der Waals surface area contributed by atoms with Crippen molar-refractivity contribution in [1.29, 1.82) is 0 Å². The van der Waals surface area contributed by atoms with Gasteiger partial charge in [-0.05, 0) is 60.6 Å². The van der Waals surface area contributed by atoms with Crippen LogP contribution in [0.2, 0.25) is 0 Å². The van der Waals surface area contributed by atoms with Crippen molar-refractivity contribution in [2.24, 2.45) is 0 Å². The fourth-order valence-corrected chi connectivity index (χ4v) is 3.05. The molecule has 0 bridgehead atoms. The quantitative estimate of drug-likeness (QED) is 0.356. The maximum absolute atomic E-state index is 12.4. The van der Waals surface area contributed by atoms with Gasteiger partial charge in [0.05, 0.1) is 0 Å². The first kappa shape index (κ1) is 26.7. The Morgan fingerprint density at radius 1 is 0.893 bits per heavy atom. The zero-order valence-corrected chi connectivity index (χ0v) is 19.6. The van der Waals surface area contributed by atoms with E-state index in [2.05, 4.69) is 16.0 Å². The molecule has 8 nitrogen and oxygen atoms in total. The topological polar surface area (TPSA) is 106 Å². The molecule has 0 heterocycles. The van der Waals surface area contributed by atoms with E-state index < -0.39 is 29.4 Å². The molecule has 3 amide bonds. The summed E-state index contributed by atoms with van der Waals surface area (Å²) in [6.07, 6.45) is 1.66. The van der Waals surface area contributed by atoms with E-state index in [4.69, 9.17) is 9.47 Å². The number of nitrogens with one attached hydrogen (secondary N) is 3. The molecule has 0 aliphatic rings. The number of ether oxygens (including phenoxy) is 2. The van der Waals surface area contributed by atoms with Gasteiger partial charge in [-0.1, -0.05) is 21.6 Å². The molecule has 1 unspecified atom stereocenters. The van der Waals surface area contributed by atoms with Gasteiger partial charge in [-0.25, -0.2) is 9.59 Å². The van der Waals surface area contributed by atoms with Gasteiger partial charge in [-0.15, -0.1) is 0 Å². The van der Waals surface area contributed by atoms with Crippen molar-refractivity contribution >= 4 is 39.7 Å². The highest BCUT2D eigenvalue weighted by molar-refractivity contribution is 8.76. The lowest BCUT2D eigenvalue weighted by Crippen LogP contribution is -2.48. The normalized spacial score (nSPS) is 12.7. The van der Waals surface area contributed by atoms with Crippen LogP contribution in [0, 0.1) is 0 Å². The average molecular weight is 438 g/mol. The van der Waals surface area contributed by atoms with E-state index in [1.807, 2.05) is 6.26 Å². The summed E-state index contributed by atoms with van der Waals surface area (Å²) in [6, 6.07) is -0.741. The molecule has 0 aromatic heterocycles. The molecule has 0 aliphatic heterocycles. The number of amides is 3. The molecule has 0 saturated heterocycles. The Bertz CT molecular complexity index is 504. The van der Waals surface area contributed by atoms with Crippen molar-refractivity contribution in [2.45, 2.75) is 71.6 Å². The first-order valence-corrected chi connectivity index (χ1v) is 12.0. The third-order valence-corrected chi connectivity index (χ3v) is 4.76. The fraction of sp³-hybridized carbons (Fsp3) is 0.833. The first-order chi connectivity index (χ1) is 12.8. The van der Waals surface area contributed by atoms with E-state index >= 15 is 0 Å². The highest BCUT2D eigenvalue weighted by atomic mass is 33.1. The summed E-state index contributed by atoms with van der Waals surface area (Å²) in [5, 5.41) is 8.06. The van der Waals surface area contributed by atoms with Gasteiger partial charge < -0.3 is 25.4 Å². The molecule has 0 rings (SSSR count). The smallest absolute Gasteiger partial charge is 0.408 e. The van der Waals surface area contributed by atoms with Crippen LogP contribution in [0.15, 0.2) is 0 Å². The van der Waals surface area contributed by atoms with Gasteiger partial charge in [-0.3, -0.25) is 4.79 Å². The van der Waals surface area contributed by atoms with Crippen molar-refractivity contribution in [3.63, 3.8) is 0 Å². The molecule has 3 N–H and O–H groups in total. The van der Waals surface area contributed by atoms with E-state index in [0.717, 1.165) is 5.75 Å². The van der Waals surface area contributed by atoms with Crippen LogP contribution in [0.25, 0.3) is 0 Å². The second-order valence-corrected chi connectivity index (χ2v) is 10.7. The van der Waals surface area contributed by atoms with Crippen LogP contribution in [0.3, 0.4) is 0 Å². The predicted molar refractivity (Wildman–Crippen MR) is 116 cm³/mol. The Labute approximate surface area is 176 Å². The number of carbonyl (C=O) groups is 3. The average Bonchev–Trinajstić information content (AvgIpc) is 2.50. The summed E-state index contributed by atoms with van der Waals surface area (Å²) in [4.78, 5) is 36.1. The number of carbonyl (C=O) groups excluding carboxylic acids is 3. The van der Waals surface area contributed by atoms with Crippen molar-refractivity contribution < 1.29 is 23.9 Å². The van der Waals surface area contributed by atoms with Gasteiger partial charge in [0.25, 0.3) is 0 Å². The molecule has 0 aromatic rings. The molecule has 0 spiro atoms. The largest absolute Gasteiger partial charge is 0.444 e. The summed E-state index contributed by atoms with van der Waals surface area (Å²) in [7, 11) is 3.27. The molecule has 0 aromatic carbocycles. The second-order valence-electron chi connectivity index (χ2n) is 8.05. The highest BCUT2D eigenvalue weighted by Crippen LogP contribution is 2.15. The van der Waals surface area contributed by atoms with Gasteiger partial charge in [0, 0.05) is 18.8 Å². The number of rotatable bonds is 10. The number of hydrogen-bond acceptors (Lipinski definition) is 7. The van der Waals surface area contributed by atoms with Crippen molar-refractivity contribution in [2.75, 3.05) is 25.1 Å². The van der Waals surface area contributed by atoms with Gasteiger partial charge in [0.15, 0.2) is 0 Å². The molecule has 0 saturated carbocycles. The lowest BCUT2D eigenvalue weighted by Gasteiger charge is -2.23. The third kappa shape index (κ3) is 15.7. The fourth-order valence-electron chi connectivity index (χ4n) is 1.95. The standard InChI is InChI=1S/C18H35N3O5S2/c1-17(2,3)25-15(23)20-10-8-9-13(14(22)19-11-12-28-27-7)21-16(24)26-18(4,5)6/h13H,8-12H2,1-7H3,(H,19,22)(H,20,23)(H,21,24). The van der Waals surface area contributed by atoms with Gasteiger partial charge >= 0.3 is 12.2 Å². The van der Waals surface area contributed by atoms with Gasteiger partial charge in [0.2, 0.25) is 5.91 Å². The molecule has 0 aliphatic carbocycles. The van der Waals surface area contributed by atoms with Crippen LogP contribution in [0.5, 0.6) is 0 Å². The Kier molecular flexibility index (Phi) is 12.4. The Hall–Kier alpha value is -1.29. The zero-order chi connectivity index (χ0) is 21.8. The van der Waals surface area contributed by atoms with E-state index in [1.54, 1.807) is 63.1 Å². The van der Waals surface area contributed by atoms with Gasteiger partial charge in [0.1, 0.15) is 17.2 Å². The van der Waals surface area contributed by atoms with Gasteiger partial charge in [-0.2, -0.15) is 0 Å². The summed E-state index contributed by atoms with van der Waals surface area (Å²) in [5.41, 5.74) is -1.22. The summed E-state index contributed by atoms with van der Waals surface area (Å²) < 4.78 is 10.4. The van der Waals surface area contributed by atoms with E-state index in [9.17, 15) is 14.4 Å².